The predicted octanol–water partition coefficient (Wildman–Crippen LogP) is 18.4. The maximum atomic E-state index is 12.8. The van der Waals surface area contributed by atoms with Gasteiger partial charge in [0.25, 0.3) is 0 Å². The van der Waals surface area contributed by atoms with Crippen molar-refractivity contribution in [2.75, 3.05) is 13.2 Å². The van der Waals surface area contributed by atoms with Gasteiger partial charge in [-0.15, -0.1) is 0 Å². The fourth-order valence-corrected chi connectivity index (χ4v) is 7.86. The average Bonchev–Trinajstić information content (AvgIpc) is 3.30. The van der Waals surface area contributed by atoms with Crippen molar-refractivity contribution in [3.05, 3.63) is 60.8 Å². The number of unbranched alkanes of at least 4 members (excludes halogenated alkanes) is 32. The summed E-state index contributed by atoms with van der Waals surface area (Å²) in [5.41, 5.74) is 0. The SMILES string of the molecule is CCCCC\C=C/C=C\C=C/C=C\CCCCCCCC(=O)OCC(COC(=O)CCCCCCC/C=C\CCCCC)OC(=O)CCCCCCCCCCCCCCCCCCC. The lowest BCUT2D eigenvalue weighted by atomic mass is 10.0. The van der Waals surface area contributed by atoms with Gasteiger partial charge in [0.1, 0.15) is 13.2 Å². The summed E-state index contributed by atoms with van der Waals surface area (Å²) in [4.78, 5) is 38.1. The topological polar surface area (TPSA) is 78.9 Å². The van der Waals surface area contributed by atoms with Gasteiger partial charge in [0, 0.05) is 19.3 Å². The van der Waals surface area contributed by atoms with E-state index < -0.39 is 6.10 Å². The molecule has 0 heterocycles. The summed E-state index contributed by atoms with van der Waals surface area (Å²) < 4.78 is 16.8. The van der Waals surface area contributed by atoms with Crippen molar-refractivity contribution in [3.63, 3.8) is 0 Å². The minimum absolute atomic E-state index is 0.0844. The second-order valence-corrected chi connectivity index (χ2v) is 18.6. The summed E-state index contributed by atoms with van der Waals surface area (Å²) in [7, 11) is 0. The second kappa shape index (κ2) is 53.7. The van der Waals surface area contributed by atoms with E-state index in [0.717, 1.165) is 89.9 Å². The summed E-state index contributed by atoms with van der Waals surface area (Å²) in [6.45, 7) is 6.57. The molecule has 0 bridgehead atoms. The molecule has 0 N–H and O–H groups in total. The van der Waals surface area contributed by atoms with Crippen LogP contribution in [0.4, 0.5) is 0 Å². The number of ether oxygens (including phenoxy) is 3. The summed E-state index contributed by atoms with van der Waals surface area (Å²) >= 11 is 0. The van der Waals surface area contributed by atoms with Crippen LogP contribution < -0.4 is 0 Å². The number of hydrogen-bond acceptors (Lipinski definition) is 6. The zero-order valence-electron chi connectivity index (χ0n) is 43.0. The van der Waals surface area contributed by atoms with Crippen molar-refractivity contribution in [2.45, 2.75) is 284 Å². The Morgan fingerprint density at radius 2 is 0.569 bits per heavy atom. The van der Waals surface area contributed by atoms with Crippen molar-refractivity contribution >= 4 is 17.9 Å². The minimum Gasteiger partial charge on any atom is -0.462 e. The molecule has 0 rings (SSSR count). The Labute approximate surface area is 402 Å². The van der Waals surface area contributed by atoms with E-state index in [1.54, 1.807) is 0 Å². The number of esters is 3. The third-order valence-electron chi connectivity index (χ3n) is 12.1. The third kappa shape index (κ3) is 51.9. The zero-order valence-corrected chi connectivity index (χ0v) is 43.0. The molecule has 0 aromatic carbocycles. The lowest BCUT2D eigenvalue weighted by Crippen LogP contribution is -2.30. The zero-order chi connectivity index (χ0) is 47.2. The molecule has 0 saturated heterocycles. The molecular formula is C59H104O6. The normalized spacial score (nSPS) is 12.5. The monoisotopic (exact) mass is 909 g/mol. The highest BCUT2D eigenvalue weighted by molar-refractivity contribution is 5.71. The smallest absolute Gasteiger partial charge is 0.306 e. The highest BCUT2D eigenvalue weighted by Crippen LogP contribution is 2.16. The molecule has 376 valence electrons. The van der Waals surface area contributed by atoms with E-state index in [4.69, 9.17) is 14.2 Å². The van der Waals surface area contributed by atoms with Gasteiger partial charge in [0.15, 0.2) is 6.10 Å². The molecule has 0 amide bonds. The number of carbonyl (C=O) groups excluding carboxylic acids is 3. The van der Waals surface area contributed by atoms with Gasteiger partial charge < -0.3 is 14.2 Å². The van der Waals surface area contributed by atoms with Gasteiger partial charge in [-0.1, -0.05) is 248 Å². The molecule has 0 saturated carbocycles. The van der Waals surface area contributed by atoms with Crippen molar-refractivity contribution in [1.82, 2.24) is 0 Å². The van der Waals surface area contributed by atoms with Crippen LogP contribution in [0.3, 0.4) is 0 Å². The Morgan fingerprint density at radius 3 is 0.938 bits per heavy atom. The van der Waals surface area contributed by atoms with Crippen LogP contribution in [0.1, 0.15) is 278 Å². The number of allylic oxidation sites excluding steroid dienone is 10. The number of hydrogen-bond donors (Lipinski definition) is 0. The number of rotatable bonds is 50. The molecule has 0 aliphatic carbocycles. The van der Waals surface area contributed by atoms with Gasteiger partial charge in [0.05, 0.1) is 0 Å². The standard InChI is InChI=1S/C59H104O6/c1-4-7-10-13-16-19-22-25-27-29-31-32-34-37-40-43-46-49-52-58(61)64-55-56(54-63-57(60)51-48-45-42-39-36-24-21-18-15-12-9-6-3)65-59(62)53-50-47-44-41-38-35-33-30-28-26-23-20-17-14-11-8-5-2/h16,18-19,21-22,25,27,29,31-32,56H,4-15,17,20,23-24,26,28,30,33-55H2,1-3H3/b19-16-,21-18-,25-22-,29-27-,32-31-. The Hall–Kier alpha value is -2.89. The molecule has 6 nitrogen and oxygen atoms in total. The first kappa shape index (κ1) is 62.1. The van der Waals surface area contributed by atoms with Crippen LogP contribution in [-0.2, 0) is 28.6 Å². The van der Waals surface area contributed by atoms with E-state index in [1.807, 2.05) is 0 Å². The molecule has 1 unspecified atom stereocenters. The molecule has 6 heteroatoms. The van der Waals surface area contributed by atoms with Gasteiger partial charge in [0.2, 0.25) is 0 Å². The van der Waals surface area contributed by atoms with Crippen LogP contribution in [-0.4, -0.2) is 37.2 Å². The van der Waals surface area contributed by atoms with Crippen LogP contribution in [0.15, 0.2) is 60.8 Å². The van der Waals surface area contributed by atoms with E-state index in [2.05, 4.69) is 81.5 Å². The Kier molecular flexibility index (Phi) is 51.3. The Morgan fingerprint density at radius 1 is 0.308 bits per heavy atom. The largest absolute Gasteiger partial charge is 0.462 e. The highest BCUT2D eigenvalue weighted by Gasteiger charge is 2.19. The van der Waals surface area contributed by atoms with E-state index in [0.29, 0.717) is 19.3 Å². The van der Waals surface area contributed by atoms with E-state index in [9.17, 15) is 14.4 Å². The van der Waals surface area contributed by atoms with Gasteiger partial charge in [-0.2, -0.15) is 0 Å². The fourth-order valence-electron chi connectivity index (χ4n) is 7.86. The Bertz CT molecular complexity index is 1180. The molecular weight excluding hydrogens is 805 g/mol. The highest BCUT2D eigenvalue weighted by atomic mass is 16.6. The molecule has 65 heavy (non-hydrogen) atoms. The summed E-state index contributed by atoms with van der Waals surface area (Å²) in [5.74, 6) is -0.906. The molecule has 1 atom stereocenters. The summed E-state index contributed by atoms with van der Waals surface area (Å²) in [6, 6.07) is 0. The van der Waals surface area contributed by atoms with Crippen molar-refractivity contribution < 1.29 is 28.6 Å². The summed E-state index contributed by atoms with van der Waals surface area (Å²) in [5, 5.41) is 0. The molecule has 0 aromatic heterocycles. The lowest BCUT2D eigenvalue weighted by molar-refractivity contribution is -0.167. The van der Waals surface area contributed by atoms with E-state index >= 15 is 0 Å². The maximum absolute atomic E-state index is 12.8. The van der Waals surface area contributed by atoms with Crippen LogP contribution in [0, 0.1) is 0 Å². The van der Waals surface area contributed by atoms with Crippen LogP contribution >= 0.6 is 0 Å². The van der Waals surface area contributed by atoms with Gasteiger partial charge >= 0.3 is 17.9 Å². The van der Waals surface area contributed by atoms with Crippen LogP contribution in [0.25, 0.3) is 0 Å². The first-order valence-electron chi connectivity index (χ1n) is 27.8. The molecule has 0 spiro atoms. The maximum Gasteiger partial charge on any atom is 0.306 e. The second-order valence-electron chi connectivity index (χ2n) is 18.6. The fraction of sp³-hybridized carbons (Fsp3) is 0.780. The first-order chi connectivity index (χ1) is 32.0. The molecule has 0 aliphatic rings. The lowest BCUT2D eigenvalue weighted by Gasteiger charge is -2.18. The molecule has 0 radical (unpaired) electrons. The van der Waals surface area contributed by atoms with Crippen molar-refractivity contribution in [1.29, 1.82) is 0 Å². The molecule has 0 aliphatic heterocycles. The Balaban J connectivity index is 4.40. The van der Waals surface area contributed by atoms with Gasteiger partial charge in [-0.3, -0.25) is 14.4 Å². The first-order valence-corrected chi connectivity index (χ1v) is 27.8. The average molecular weight is 909 g/mol. The third-order valence-corrected chi connectivity index (χ3v) is 12.1. The van der Waals surface area contributed by atoms with E-state index in [-0.39, 0.29) is 31.1 Å². The van der Waals surface area contributed by atoms with Crippen molar-refractivity contribution in [2.24, 2.45) is 0 Å². The van der Waals surface area contributed by atoms with Crippen molar-refractivity contribution in [3.8, 4) is 0 Å². The van der Waals surface area contributed by atoms with Crippen LogP contribution in [0.5, 0.6) is 0 Å². The van der Waals surface area contributed by atoms with Crippen LogP contribution in [0.2, 0.25) is 0 Å². The molecule has 0 fully saturated rings. The quantitative estimate of drug-likeness (QED) is 0.0199. The minimum atomic E-state index is -0.785. The summed E-state index contributed by atoms with van der Waals surface area (Å²) in [6.07, 6.45) is 66.3. The predicted molar refractivity (Wildman–Crippen MR) is 279 cm³/mol. The van der Waals surface area contributed by atoms with Gasteiger partial charge in [-0.25, -0.2) is 0 Å². The van der Waals surface area contributed by atoms with Gasteiger partial charge in [-0.05, 0) is 70.6 Å². The van der Waals surface area contributed by atoms with E-state index in [1.165, 1.54) is 148 Å². The molecule has 0 aromatic rings. The number of carbonyl (C=O) groups is 3.